The molecule has 0 bridgehead atoms. The quantitative estimate of drug-likeness (QED) is 0.838. The summed E-state index contributed by atoms with van der Waals surface area (Å²) < 4.78 is 11.0. The lowest BCUT2D eigenvalue weighted by atomic mass is 9.89. The van der Waals surface area contributed by atoms with Gasteiger partial charge in [0.2, 0.25) is 0 Å². The van der Waals surface area contributed by atoms with E-state index in [1.54, 1.807) is 13.2 Å². The van der Waals surface area contributed by atoms with Crippen molar-refractivity contribution in [3.05, 3.63) is 24.3 Å². The first-order valence-corrected chi connectivity index (χ1v) is 8.31. The Balaban J connectivity index is 1.85. The fourth-order valence-electron chi connectivity index (χ4n) is 2.91. The smallest absolute Gasteiger partial charge is 0.261 e. The summed E-state index contributed by atoms with van der Waals surface area (Å²) in [6, 6.07) is 7.37. The van der Waals surface area contributed by atoms with Crippen LogP contribution in [-0.4, -0.2) is 25.7 Å². The van der Waals surface area contributed by atoms with E-state index in [0.29, 0.717) is 18.1 Å². The number of hydrogen-bond acceptors (Lipinski definition) is 3. The number of methoxy groups -OCH3 is 1. The molecule has 122 valence electrons. The van der Waals surface area contributed by atoms with E-state index in [2.05, 4.69) is 5.32 Å². The molecule has 0 heterocycles. The molecule has 1 atom stereocenters. The maximum atomic E-state index is 12.3. The third-order valence-corrected chi connectivity index (χ3v) is 4.27. The molecule has 1 aromatic carbocycles. The number of benzene rings is 1. The number of carbonyl (C=O) groups excluding carboxylic acids is 1. The van der Waals surface area contributed by atoms with Crippen molar-refractivity contribution in [1.29, 1.82) is 0 Å². The van der Waals surface area contributed by atoms with Gasteiger partial charge in [0.25, 0.3) is 5.91 Å². The molecule has 1 N–H and O–H groups in total. The first kappa shape index (κ1) is 16.7. The molecular formula is C18H27NO3. The SMILES string of the molecule is CC[C@H](Oc1cccc(OC)c1)C(=O)NCC1CCCCC1. The molecule has 2 rings (SSSR count). The molecule has 1 saturated carbocycles. The highest BCUT2D eigenvalue weighted by atomic mass is 16.5. The van der Waals surface area contributed by atoms with E-state index < -0.39 is 6.10 Å². The summed E-state index contributed by atoms with van der Waals surface area (Å²) in [5.74, 6) is 2.01. The molecule has 0 saturated heterocycles. The second-order valence-corrected chi connectivity index (χ2v) is 5.94. The first-order valence-electron chi connectivity index (χ1n) is 8.31. The van der Waals surface area contributed by atoms with Gasteiger partial charge in [-0.15, -0.1) is 0 Å². The molecule has 0 aromatic heterocycles. The van der Waals surface area contributed by atoms with Crippen molar-refractivity contribution in [2.45, 2.75) is 51.6 Å². The van der Waals surface area contributed by atoms with Gasteiger partial charge in [0.05, 0.1) is 7.11 Å². The zero-order chi connectivity index (χ0) is 15.8. The van der Waals surface area contributed by atoms with Crippen LogP contribution < -0.4 is 14.8 Å². The predicted octanol–water partition coefficient (Wildman–Crippen LogP) is 3.55. The van der Waals surface area contributed by atoms with E-state index in [0.717, 1.165) is 12.3 Å². The monoisotopic (exact) mass is 305 g/mol. The molecule has 0 radical (unpaired) electrons. The third-order valence-electron chi connectivity index (χ3n) is 4.27. The van der Waals surface area contributed by atoms with Gasteiger partial charge in [0.1, 0.15) is 11.5 Å². The van der Waals surface area contributed by atoms with Crippen molar-refractivity contribution in [1.82, 2.24) is 5.32 Å². The Hall–Kier alpha value is -1.71. The van der Waals surface area contributed by atoms with Gasteiger partial charge >= 0.3 is 0 Å². The van der Waals surface area contributed by atoms with Crippen LogP contribution in [0, 0.1) is 5.92 Å². The minimum Gasteiger partial charge on any atom is -0.497 e. The maximum absolute atomic E-state index is 12.3. The Labute approximate surface area is 133 Å². The number of carbonyl (C=O) groups is 1. The number of amides is 1. The topological polar surface area (TPSA) is 47.6 Å². The zero-order valence-corrected chi connectivity index (χ0v) is 13.6. The average Bonchev–Trinajstić information content (AvgIpc) is 2.58. The van der Waals surface area contributed by atoms with Crippen molar-refractivity contribution < 1.29 is 14.3 Å². The summed E-state index contributed by atoms with van der Waals surface area (Å²) in [6.45, 7) is 2.74. The van der Waals surface area contributed by atoms with Gasteiger partial charge < -0.3 is 14.8 Å². The van der Waals surface area contributed by atoms with Crippen LogP contribution >= 0.6 is 0 Å². The van der Waals surface area contributed by atoms with Gasteiger partial charge in [-0.25, -0.2) is 0 Å². The van der Waals surface area contributed by atoms with Gasteiger partial charge in [-0.3, -0.25) is 4.79 Å². The lowest BCUT2D eigenvalue weighted by molar-refractivity contribution is -0.128. The second kappa shape index (κ2) is 8.66. The van der Waals surface area contributed by atoms with Gasteiger partial charge in [-0.05, 0) is 37.3 Å². The van der Waals surface area contributed by atoms with Crippen LogP contribution in [0.5, 0.6) is 11.5 Å². The molecule has 0 spiro atoms. The fraction of sp³-hybridized carbons (Fsp3) is 0.611. The summed E-state index contributed by atoms with van der Waals surface area (Å²) in [5.41, 5.74) is 0. The molecule has 4 heteroatoms. The molecule has 1 aliphatic carbocycles. The van der Waals surface area contributed by atoms with Gasteiger partial charge in [-0.1, -0.05) is 32.3 Å². The summed E-state index contributed by atoms with van der Waals surface area (Å²) in [4.78, 5) is 12.3. The first-order chi connectivity index (χ1) is 10.7. The Kier molecular flexibility index (Phi) is 6.56. The second-order valence-electron chi connectivity index (χ2n) is 5.94. The summed E-state index contributed by atoms with van der Waals surface area (Å²) in [5, 5.41) is 3.06. The molecule has 1 amide bonds. The van der Waals surface area contributed by atoms with Crippen molar-refractivity contribution >= 4 is 5.91 Å². The minimum atomic E-state index is -0.448. The Morgan fingerprint density at radius 1 is 1.27 bits per heavy atom. The van der Waals surface area contributed by atoms with Crippen molar-refractivity contribution in [3.8, 4) is 11.5 Å². The van der Waals surface area contributed by atoms with Crippen LogP contribution in [0.4, 0.5) is 0 Å². The average molecular weight is 305 g/mol. The minimum absolute atomic E-state index is 0.0177. The predicted molar refractivity (Wildman–Crippen MR) is 87.3 cm³/mol. The molecule has 22 heavy (non-hydrogen) atoms. The van der Waals surface area contributed by atoms with Crippen molar-refractivity contribution in [3.63, 3.8) is 0 Å². The van der Waals surface area contributed by atoms with Crippen molar-refractivity contribution in [2.75, 3.05) is 13.7 Å². The lowest BCUT2D eigenvalue weighted by Gasteiger charge is -2.23. The van der Waals surface area contributed by atoms with Crippen LogP contribution in [0.15, 0.2) is 24.3 Å². The van der Waals surface area contributed by atoms with Crippen LogP contribution in [-0.2, 0) is 4.79 Å². The Bertz CT molecular complexity index is 469. The number of nitrogens with one attached hydrogen (secondary N) is 1. The molecule has 1 fully saturated rings. The normalized spacial score (nSPS) is 16.8. The molecule has 1 aromatic rings. The lowest BCUT2D eigenvalue weighted by Crippen LogP contribution is -2.40. The number of rotatable bonds is 7. The van der Waals surface area contributed by atoms with Crippen LogP contribution in [0.1, 0.15) is 45.4 Å². The van der Waals surface area contributed by atoms with Gasteiger partial charge in [-0.2, -0.15) is 0 Å². The van der Waals surface area contributed by atoms with E-state index in [9.17, 15) is 4.79 Å². The van der Waals surface area contributed by atoms with Crippen LogP contribution in [0.2, 0.25) is 0 Å². The Morgan fingerprint density at radius 3 is 2.68 bits per heavy atom. The summed E-state index contributed by atoms with van der Waals surface area (Å²) >= 11 is 0. The van der Waals surface area contributed by atoms with Gasteiger partial charge in [0, 0.05) is 12.6 Å². The largest absolute Gasteiger partial charge is 0.497 e. The van der Waals surface area contributed by atoms with E-state index >= 15 is 0 Å². The van der Waals surface area contributed by atoms with E-state index in [4.69, 9.17) is 9.47 Å². The molecule has 0 unspecified atom stereocenters. The highest BCUT2D eigenvalue weighted by Crippen LogP contribution is 2.23. The maximum Gasteiger partial charge on any atom is 0.261 e. The van der Waals surface area contributed by atoms with E-state index in [1.807, 2.05) is 25.1 Å². The molecular weight excluding hydrogens is 278 g/mol. The third kappa shape index (κ3) is 4.93. The van der Waals surface area contributed by atoms with Gasteiger partial charge in [0.15, 0.2) is 6.10 Å². The molecule has 4 nitrogen and oxygen atoms in total. The summed E-state index contributed by atoms with van der Waals surface area (Å²) in [6.07, 6.45) is 6.57. The highest BCUT2D eigenvalue weighted by molar-refractivity contribution is 5.81. The number of hydrogen-bond donors (Lipinski definition) is 1. The molecule has 0 aliphatic heterocycles. The summed E-state index contributed by atoms with van der Waals surface area (Å²) in [7, 11) is 1.62. The van der Waals surface area contributed by atoms with E-state index in [1.165, 1.54) is 32.1 Å². The highest BCUT2D eigenvalue weighted by Gasteiger charge is 2.20. The van der Waals surface area contributed by atoms with Crippen molar-refractivity contribution in [2.24, 2.45) is 5.92 Å². The van der Waals surface area contributed by atoms with Crippen LogP contribution in [0.3, 0.4) is 0 Å². The molecule has 1 aliphatic rings. The zero-order valence-electron chi connectivity index (χ0n) is 13.6. The number of ether oxygens (including phenoxy) is 2. The fourth-order valence-corrected chi connectivity index (χ4v) is 2.91. The standard InChI is InChI=1S/C18H27NO3/c1-3-17(22-16-11-7-10-15(12-16)21-2)18(20)19-13-14-8-5-4-6-9-14/h7,10-12,14,17H,3-6,8-9,13H2,1-2H3,(H,19,20)/t17-/m0/s1. The Morgan fingerprint density at radius 2 is 2.00 bits per heavy atom. The van der Waals surface area contributed by atoms with Crippen LogP contribution in [0.25, 0.3) is 0 Å². The van der Waals surface area contributed by atoms with E-state index in [-0.39, 0.29) is 5.91 Å².